The van der Waals surface area contributed by atoms with Crippen LogP contribution in [-0.2, 0) is 6.54 Å². The molecule has 0 aliphatic heterocycles. The zero-order valence-electron chi connectivity index (χ0n) is 10.2. The molecule has 4 nitrogen and oxygen atoms in total. The topological polar surface area (TPSA) is 53.1 Å². The van der Waals surface area contributed by atoms with Gasteiger partial charge in [0.15, 0.2) is 0 Å². The maximum absolute atomic E-state index is 5.86. The van der Waals surface area contributed by atoms with Crippen molar-refractivity contribution in [3.63, 3.8) is 0 Å². The molecule has 1 heterocycles. The van der Waals surface area contributed by atoms with Crippen LogP contribution in [0.1, 0.15) is 11.1 Å². The Morgan fingerprint density at radius 3 is 2.82 bits per heavy atom. The van der Waals surface area contributed by atoms with Crippen LogP contribution < -0.4 is 10.5 Å². The SMILES string of the molecule is Cc1cc(C)c(OCCn2cccn2)cc1N. The van der Waals surface area contributed by atoms with Crippen molar-refractivity contribution in [2.24, 2.45) is 0 Å². The number of benzene rings is 1. The van der Waals surface area contributed by atoms with E-state index in [1.54, 1.807) is 6.20 Å². The molecule has 1 aromatic carbocycles. The Morgan fingerprint density at radius 1 is 1.29 bits per heavy atom. The van der Waals surface area contributed by atoms with Crippen LogP contribution in [0.4, 0.5) is 5.69 Å². The Bertz CT molecular complexity index is 492. The Morgan fingerprint density at radius 2 is 2.12 bits per heavy atom. The summed E-state index contributed by atoms with van der Waals surface area (Å²) in [4.78, 5) is 0. The van der Waals surface area contributed by atoms with Crippen LogP contribution in [0, 0.1) is 13.8 Å². The largest absolute Gasteiger partial charge is 0.491 e. The van der Waals surface area contributed by atoms with Crippen LogP contribution in [0.5, 0.6) is 5.75 Å². The number of aryl methyl sites for hydroxylation is 2. The number of hydrogen-bond donors (Lipinski definition) is 1. The van der Waals surface area contributed by atoms with E-state index in [1.165, 1.54) is 0 Å². The van der Waals surface area contributed by atoms with Gasteiger partial charge in [0.25, 0.3) is 0 Å². The van der Waals surface area contributed by atoms with Crippen molar-refractivity contribution < 1.29 is 4.74 Å². The molecule has 0 bridgehead atoms. The van der Waals surface area contributed by atoms with Gasteiger partial charge in [-0.3, -0.25) is 4.68 Å². The minimum absolute atomic E-state index is 0.588. The Balaban J connectivity index is 1.97. The highest BCUT2D eigenvalue weighted by molar-refractivity contribution is 5.54. The van der Waals surface area contributed by atoms with Crippen LogP contribution in [0.3, 0.4) is 0 Å². The predicted octanol–water partition coefficient (Wildman–Crippen LogP) is 2.16. The number of nitrogen functional groups attached to an aromatic ring is 1. The summed E-state index contributed by atoms with van der Waals surface area (Å²) in [6.07, 6.45) is 3.68. The molecule has 0 spiro atoms. The second-order valence-electron chi connectivity index (χ2n) is 4.09. The maximum atomic E-state index is 5.86. The number of hydrogen-bond acceptors (Lipinski definition) is 3. The van der Waals surface area contributed by atoms with Crippen LogP contribution in [0.25, 0.3) is 0 Å². The molecular formula is C13H17N3O. The van der Waals surface area contributed by atoms with E-state index >= 15 is 0 Å². The zero-order chi connectivity index (χ0) is 12.3. The summed E-state index contributed by atoms with van der Waals surface area (Å²) in [5.74, 6) is 0.847. The van der Waals surface area contributed by atoms with E-state index in [1.807, 2.05) is 42.9 Å². The molecule has 2 aromatic rings. The fourth-order valence-electron chi connectivity index (χ4n) is 1.69. The van der Waals surface area contributed by atoms with Crippen molar-refractivity contribution in [2.75, 3.05) is 12.3 Å². The third kappa shape index (κ3) is 2.78. The van der Waals surface area contributed by atoms with E-state index in [2.05, 4.69) is 5.10 Å². The van der Waals surface area contributed by atoms with Gasteiger partial charge in [0, 0.05) is 24.1 Å². The lowest BCUT2D eigenvalue weighted by Gasteiger charge is -2.11. The summed E-state index contributed by atoms with van der Waals surface area (Å²) in [5.41, 5.74) is 8.82. The molecule has 0 aliphatic rings. The van der Waals surface area contributed by atoms with Crippen molar-refractivity contribution in [3.05, 3.63) is 41.7 Å². The lowest BCUT2D eigenvalue weighted by atomic mass is 10.1. The van der Waals surface area contributed by atoms with Gasteiger partial charge in [0.05, 0.1) is 6.54 Å². The first-order valence-corrected chi connectivity index (χ1v) is 5.64. The number of rotatable bonds is 4. The summed E-state index contributed by atoms with van der Waals surface area (Å²) >= 11 is 0. The Labute approximate surface area is 101 Å². The molecule has 2 rings (SSSR count). The number of aromatic nitrogens is 2. The first-order chi connectivity index (χ1) is 8.16. The van der Waals surface area contributed by atoms with Crippen LogP contribution in [-0.4, -0.2) is 16.4 Å². The second kappa shape index (κ2) is 4.91. The summed E-state index contributed by atoms with van der Waals surface area (Å²) in [7, 11) is 0. The predicted molar refractivity (Wildman–Crippen MR) is 68.1 cm³/mol. The zero-order valence-corrected chi connectivity index (χ0v) is 10.2. The van der Waals surface area contributed by atoms with E-state index in [-0.39, 0.29) is 0 Å². The van der Waals surface area contributed by atoms with E-state index in [0.717, 1.165) is 29.1 Å². The maximum Gasteiger partial charge on any atom is 0.124 e. The minimum atomic E-state index is 0.588. The average Bonchev–Trinajstić information content (AvgIpc) is 2.78. The minimum Gasteiger partial charge on any atom is -0.491 e. The Hall–Kier alpha value is -1.97. The molecule has 90 valence electrons. The molecule has 17 heavy (non-hydrogen) atoms. The monoisotopic (exact) mass is 231 g/mol. The van der Waals surface area contributed by atoms with E-state index in [4.69, 9.17) is 10.5 Å². The lowest BCUT2D eigenvalue weighted by Crippen LogP contribution is -2.09. The van der Waals surface area contributed by atoms with Crippen molar-refractivity contribution in [3.8, 4) is 5.75 Å². The fraction of sp³-hybridized carbons (Fsp3) is 0.308. The number of nitrogens with two attached hydrogens (primary N) is 1. The normalized spacial score (nSPS) is 10.5. The van der Waals surface area contributed by atoms with E-state index < -0.39 is 0 Å². The van der Waals surface area contributed by atoms with E-state index in [9.17, 15) is 0 Å². The molecule has 0 radical (unpaired) electrons. The molecule has 2 N–H and O–H groups in total. The van der Waals surface area contributed by atoms with Crippen LogP contribution in [0.2, 0.25) is 0 Å². The van der Waals surface area contributed by atoms with Gasteiger partial charge in [-0.2, -0.15) is 5.10 Å². The summed E-state index contributed by atoms with van der Waals surface area (Å²) in [6, 6.07) is 5.82. The number of nitrogens with zero attached hydrogens (tertiary/aromatic N) is 2. The molecule has 0 aliphatic carbocycles. The van der Waals surface area contributed by atoms with Gasteiger partial charge in [-0.1, -0.05) is 6.07 Å². The van der Waals surface area contributed by atoms with Gasteiger partial charge in [-0.15, -0.1) is 0 Å². The van der Waals surface area contributed by atoms with Crippen LogP contribution >= 0.6 is 0 Å². The summed E-state index contributed by atoms with van der Waals surface area (Å²) in [6.45, 7) is 5.34. The molecule has 4 heteroatoms. The fourth-order valence-corrected chi connectivity index (χ4v) is 1.69. The summed E-state index contributed by atoms with van der Waals surface area (Å²) in [5, 5.41) is 4.11. The standard InChI is InChI=1S/C13H17N3O/c1-10-8-11(2)13(9-12(10)14)17-7-6-16-5-3-4-15-16/h3-5,8-9H,6-7,14H2,1-2H3. The first kappa shape index (κ1) is 11.5. The molecule has 0 amide bonds. The quantitative estimate of drug-likeness (QED) is 0.820. The molecule has 1 aromatic heterocycles. The Kier molecular flexibility index (Phi) is 3.32. The number of anilines is 1. The highest BCUT2D eigenvalue weighted by Gasteiger charge is 2.03. The highest BCUT2D eigenvalue weighted by Crippen LogP contribution is 2.24. The molecular weight excluding hydrogens is 214 g/mol. The van der Waals surface area contributed by atoms with Crippen molar-refractivity contribution in [1.82, 2.24) is 9.78 Å². The van der Waals surface area contributed by atoms with Crippen LogP contribution in [0.15, 0.2) is 30.6 Å². The van der Waals surface area contributed by atoms with Crippen molar-refractivity contribution >= 4 is 5.69 Å². The molecule has 0 fully saturated rings. The van der Waals surface area contributed by atoms with Gasteiger partial charge < -0.3 is 10.5 Å². The van der Waals surface area contributed by atoms with Gasteiger partial charge in [0.2, 0.25) is 0 Å². The van der Waals surface area contributed by atoms with Gasteiger partial charge in [-0.25, -0.2) is 0 Å². The average molecular weight is 231 g/mol. The summed E-state index contributed by atoms with van der Waals surface area (Å²) < 4.78 is 7.55. The van der Waals surface area contributed by atoms with Gasteiger partial charge in [0.1, 0.15) is 12.4 Å². The van der Waals surface area contributed by atoms with Gasteiger partial charge >= 0.3 is 0 Å². The van der Waals surface area contributed by atoms with Gasteiger partial charge in [-0.05, 0) is 31.0 Å². The van der Waals surface area contributed by atoms with E-state index in [0.29, 0.717) is 6.61 Å². The lowest BCUT2D eigenvalue weighted by molar-refractivity contribution is 0.289. The molecule has 0 atom stereocenters. The van der Waals surface area contributed by atoms with Crippen molar-refractivity contribution in [1.29, 1.82) is 0 Å². The third-order valence-electron chi connectivity index (χ3n) is 2.70. The first-order valence-electron chi connectivity index (χ1n) is 5.64. The second-order valence-corrected chi connectivity index (χ2v) is 4.09. The third-order valence-corrected chi connectivity index (χ3v) is 2.70. The smallest absolute Gasteiger partial charge is 0.124 e. The molecule has 0 saturated carbocycles. The molecule has 0 unspecified atom stereocenters. The number of ether oxygens (including phenoxy) is 1. The highest BCUT2D eigenvalue weighted by atomic mass is 16.5. The van der Waals surface area contributed by atoms with Crippen molar-refractivity contribution in [2.45, 2.75) is 20.4 Å². The molecule has 0 saturated heterocycles.